The zero-order valence-corrected chi connectivity index (χ0v) is 14.5. The van der Waals surface area contributed by atoms with Gasteiger partial charge in [0.05, 0.1) is 13.2 Å². The maximum absolute atomic E-state index is 13.5. The van der Waals surface area contributed by atoms with Crippen LogP contribution < -0.4 is 0 Å². The maximum Gasteiger partial charge on any atom is 0.384 e. The first kappa shape index (κ1) is 28.8. The molecular formula is C13H9F17O2. The highest BCUT2D eigenvalue weighted by Crippen LogP contribution is 2.61. The molecule has 0 amide bonds. The van der Waals surface area contributed by atoms with Crippen LogP contribution in [-0.2, 0) is 9.47 Å². The summed E-state index contributed by atoms with van der Waals surface area (Å²) in [6.45, 7) is -1.65. The van der Waals surface area contributed by atoms with Crippen LogP contribution in [0.5, 0.6) is 0 Å². The Morgan fingerprint density at radius 2 is 1.03 bits per heavy atom. The highest BCUT2D eigenvalue weighted by atomic mass is 19.4. The lowest BCUT2D eigenvalue weighted by molar-refractivity contribution is -0.441. The van der Waals surface area contributed by atoms with E-state index in [1.54, 1.807) is 0 Å². The van der Waals surface area contributed by atoms with Crippen molar-refractivity contribution in [1.82, 2.24) is 0 Å². The van der Waals surface area contributed by atoms with Gasteiger partial charge in [-0.2, -0.15) is 52.7 Å². The summed E-state index contributed by atoms with van der Waals surface area (Å²) >= 11 is 0. The van der Waals surface area contributed by atoms with Gasteiger partial charge in [0.2, 0.25) is 6.17 Å². The number of hydrogen-bond acceptors (Lipinski definition) is 2. The molecule has 0 radical (unpaired) electrons. The molecule has 2 nitrogen and oxygen atoms in total. The molecule has 0 aromatic carbocycles. The topological polar surface area (TPSA) is 21.8 Å². The van der Waals surface area contributed by atoms with Gasteiger partial charge in [-0.05, 0) is 0 Å². The first-order valence-electron chi connectivity index (χ1n) is 7.72. The second-order valence-electron chi connectivity index (χ2n) is 6.33. The van der Waals surface area contributed by atoms with Gasteiger partial charge in [0, 0.05) is 0 Å². The molecule has 4 unspecified atom stereocenters. The molecular weight excluding hydrogens is 511 g/mol. The summed E-state index contributed by atoms with van der Waals surface area (Å²) in [6, 6.07) is 0. The maximum atomic E-state index is 13.5. The molecule has 4 atom stereocenters. The van der Waals surface area contributed by atoms with Crippen LogP contribution in [0, 0.1) is 0 Å². The highest BCUT2D eigenvalue weighted by molar-refractivity contribution is 5.14. The normalized spacial score (nSPS) is 22.1. The van der Waals surface area contributed by atoms with Crippen LogP contribution in [-0.4, -0.2) is 80.0 Å². The van der Waals surface area contributed by atoms with E-state index < -0.39 is 73.4 Å². The van der Waals surface area contributed by atoms with Crippen molar-refractivity contribution in [2.75, 3.05) is 13.2 Å². The molecule has 0 N–H and O–H groups in total. The fourth-order valence-corrected chi connectivity index (χ4v) is 1.92. The van der Waals surface area contributed by atoms with E-state index in [1.807, 2.05) is 0 Å². The predicted molar refractivity (Wildman–Crippen MR) is 66.1 cm³/mol. The van der Waals surface area contributed by atoms with E-state index in [9.17, 15) is 74.6 Å². The van der Waals surface area contributed by atoms with Crippen molar-refractivity contribution in [2.45, 2.75) is 66.8 Å². The molecule has 0 aromatic rings. The largest absolute Gasteiger partial charge is 0.384 e. The summed E-state index contributed by atoms with van der Waals surface area (Å²) < 4.78 is 231. The summed E-state index contributed by atoms with van der Waals surface area (Å²) in [4.78, 5) is 0. The van der Waals surface area contributed by atoms with Crippen LogP contribution in [0.15, 0.2) is 0 Å². The molecule has 0 bridgehead atoms. The molecule has 19 heteroatoms. The van der Waals surface area contributed by atoms with E-state index in [-0.39, 0.29) is 6.61 Å². The molecule has 1 fully saturated rings. The number of halogens is 17. The molecule has 0 aromatic heterocycles. The molecule has 0 aliphatic carbocycles. The van der Waals surface area contributed by atoms with Crippen LogP contribution in [0.1, 0.15) is 0 Å². The first-order valence-corrected chi connectivity index (χ1v) is 7.72. The van der Waals surface area contributed by atoms with Crippen LogP contribution in [0.2, 0.25) is 0 Å². The fraction of sp³-hybridized carbons (Fsp3) is 1.00. The summed E-state index contributed by atoms with van der Waals surface area (Å²) in [5, 5.41) is 0. The average molecular weight is 520 g/mol. The molecule has 0 spiro atoms. The second kappa shape index (κ2) is 8.50. The fourth-order valence-electron chi connectivity index (χ4n) is 1.92. The molecule has 1 rings (SSSR count). The molecule has 1 saturated heterocycles. The first-order chi connectivity index (χ1) is 14.0. The Balaban J connectivity index is 3.37. The molecule has 1 heterocycles. The minimum Gasteiger partial charge on any atom is -0.371 e. The summed E-state index contributed by atoms with van der Waals surface area (Å²) in [5.41, 5.74) is 0. The van der Waals surface area contributed by atoms with Gasteiger partial charge >= 0.3 is 35.5 Å². The van der Waals surface area contributed by atoms with Crippen molar-refractivity contribution >= 4 is 0 Å². The van der Waals surface area contributed by atoms with Gasteiger partial charge in [-0.3, -0.25) is 0 Å². The minimum absolute atomic E-state index is 0.317. The van der Waals surface area contributed by atoms with Crippen LogP contribution in [0.4, 0.5) is 74.6 Å². The van der Waals surface area contributed by atoms with Crippen molar-refractivity contribution in [3.63, 3.8) is 0 Å². The van der Waals surface area contributed by atoms with E-state index in [2.05, 4.69) is 9.47 Å². The lowest BCUT2D eigenvalue weighted by Crippen LogP contribution is -2.73. The zero-order valence-electron chi connectivity index (χ0n) is 14.5. The molecule has 192 valence electrons. The predicted octanol–water partition coefficient (Wildman–Crippen LogP) is 5.45. The molecule has 0 saturated carbocycles. The Morgan fingerprint density at radius 1 is 0.656 bits per heavy atom. The van der Waals surface area contributed by atoms with Gasteiger partial charge in [-0.1, -0.05) is 0 Å². The Bertz CT molecular complexity index is 646. The Morgan fingerprint density at radius 3 is 1.38 bits per heavy atom. The van der Waals surface area contributed by atoms with E-state index >= 15 is 0 Å². The Kier molecular flexibility index (Phi) is 7.64. The molecule has 32 heavy (non-hydrogen) atoms. The van der Waals surface area contributed by atoms with E-state index in [0.29, 0.717) is 0 Å². The number of ether oxygens (including phenoxy) is 2. The van der Waals surface area contributed by atoms with Crippen molar-refractivity contribution < 1.29 is 84.1 Å². The van der Waals surface area contributed by atoms with Crippen LogP contribution >= 0.6 is 0 Å². The van der Waals surface area contributed by atoms with Gasteiger partial charge in [-0.15, -0.1) is 0 Å². The van der Waals surface area contributed by atoms with E-state index in [1.165, 1.54) is 0 Å². The lowest BCUT2D eigenvalue weighted by Gasteiger charge is -2.42. The number of rotatable bonds is 12. The Hall–Kier alpha value is -1.27. The molecule has 1 aliphatic rings. The van der Waals surface area contributed by atoms with Crippen molar-refractivity contribution in [3.05, 3.63) is 0 Å². The van der Waals surface area contributed by atoms with Gasteiger partial charge in [0.15, 0.2) is 6.17 Å². The number of epoxide rings is 1. The van der Waals surface area contributed by atoms with Gasteiger partial charge in [-0.25, -0.2) is 22.0 Å². The third-order valence-corrected chi connectivity index (χ3v) is 4.00. The van der Waals surface area contributed by atoms with Gasteiger partial charge in [0.25, 0.3) is 12.8 Å². The average Bonchev–Trinajstić information content (AvgIpc) is 3.48. The second-order valence-corrected chi connectivity index (χ2v) is 6.33. The van der Waals surface area contributed by atoms with Crippen LogP contribution in [0.25, 0.3) is 0 Å². The summed E-state index contributed by atoms with van der Waals surface area (Å²) in [6.07, 6.45) is -21.7. The summed E-state index contributed by atoms with van der Waals surface area (Å²) in [5.74, 6) is -47.5. The third kappa shape index (κ3) is 4.29. The highest BCUT2D eigenvalue weighted by Gasteiger charge is 2.92. The number of hydrogen-bond donors (Lipinski definition) is 0. The van der Waals surface area contributed by atoms with Crippen molar-refractivity contribution in [2.24, 2.45) is 0 Å². The standard InChI is InChI=1S/C13H9F17O2/c14-4(6(16)17)5(15)8(19,20)10(23,24)12(27,28)13(29,30)11(25,26)9(21,22)7(18)32-2-3-1-31-3/h3-7H,1-2H2. The van der Waals surface area contributed by atoms with Gasteiger partial charge < -0.3 is 9.47 Å². The zero-order chi connectivity index (χ0) is 25.7. The van der Waals surface area contributed by atoms with Crippen molar-refractivity contribution in [1.29, 1.82) is 0 Å². The van der Waals surface area contributed by atoms with E-state index in [0.717, 1.165) is 0 Å². The third-order valence-electron chi connectivity index (χ3n) is 4.00. The summed E-state index contributed by atoms with van der Waals surface area (Å²) in [7, 11) is 0. The lowest BCUT2D eigenvalue weighted by atomic mass is 9.89. The quantitative estimate of drug-likeness (QED) is 0.252. The van der Waals surface area contributed by atoms with Crippen LogP contribution in [0.3, 0.4) is 0 Å². The Labute approximate surface area is 165 Å². The van der Waals surface area contributed by atoms with E-state index in [4.69, 9.17) is 0 Å². The van der Waals surface area contributed by atoms with Crippen molar-refractivity contribution in [3.8, 4) is 0 Å². The minimum atomic E-state index is -8.39. The SMILES string of the molecule is FC(F)C(F)C(F)C(F)(F)C(F)(F)C(F)(F)C(F)(F)C(F)(F)C(F)(F)C(F)OCC1CO1. The van der Waals surface area contributed by atoms with Gasteiger partial charge in [0.1, 0.15) is 6.10 Å². The molecule has 1 aliphatic heterocycles. The number of alkyl halides is 17. The smallest absolute Gasteiger partial charge is 0.371 e. The monoisotopic (exact) mass is 520 g/mol.